The maximum absolute atomic E-state index is 12.3. The molecule has 0 radical (unpaired) electrons. The van der Waals surface area contributed by atoms with Crippen LogP contribution in [0.4, 0.5) is 0 Å². The molecule has 0 spiro atoms. The van der Waals surface area contributed by atoms with Crippen molar-refractivity contribution in [2.75, 3.05) is 19.7 Å². The summed E-state index contributed by atoms with van der Waals surface area (Å²) >= 11 is 0. The summed E-state index contributed by atoms with van der Waals surface area (Å²) in [5.41, 5.74) is 0.978. The monoisotopic (exact) mass is 353 g/mol. The lowest BCUT2D eigenvalue weighted by Crippen LogP contribution is -2.43. The van der Waals surface area contributed by atoms with Crippen LogP contribution >= 0.6 is 0 Å². The fraction of sp³-hybridized carbons (Fsp3) is 0.450. The molecule has 0 N–H and O–H groups in total. The maximum Gasteiger partial charge on any atom is 0.267 e. The standard InChI is InChI=1S/C20H23N3O3/c24-19-9-8-18(15-6-7-15)21-23(19)16-10-12-22(13-11-16)20(25)14-26-17-4-2-1-3-5-17/h1-5,8-9,15-16H,6-7,10-14H2. The van der Waals surface area contributed by atoms with Gasteiger partial charge in [-0.2, -0.15) is 5.10 Å². The lowest BCUT2D eigenvalue weighted by Gasteiger charge is -2.32. The van der Waals surface area contributed by atoms with Crippen LogP contribution in [0.2, 0.25) is 0 Å². The minimum absolute atomic E-state index is 0.0145. The highest BCUT2D eigenvalue weighted by atomic mass is 16.5. The number of nitrogens with zero attached hydrogens (tertiary/aromatic N) is 3. The van der Waals surface area contributed by atoms with Gasteiger partial charge < -0.3 is 9.64 Å². The second-order valence-electron chi connectivity index (χ2n) is 7.03. The fourth-order valence-electron chi connectivity index (χ4n) is 3.41. The summed E-state index contributed by atoms with van der Waals surface area (Å²) in [5, 5.41) is 4.58. The molecule has 2 aliphatic rings. The number of rotatable bonds is 5. The van der Waals surface area contributed by atoms with Crippen LogP contribution in [-0.4, -0.2) is 40.3 Å². The minimum Gasteiger partial charge on any atom is -0.484 e. The molecule has 1 aliphatic carbocycles. The van der Waals surface area contributed by atoms with Gasteiger partial charge in [0.1, 0.15) is 5.75 Å². The Balaban J connectivity index is 1.33. The van der Waals surface area contributed by atoms with Gasteiger partial charge in [0.05, 0.1) is 11.7 Å². The van der Waals surface area contributed by atoms with Crippen LogP contribution in [0.5, 0.6) is 5.75 Å². The Bertz CT molecular complexity index is 822. The molecule has 2 aromatic rings. The average Bonchev–Trinajstić information content (AvgIpc) is 3.53. The zero-order valence-electron chi connectivity index (χ0n) is 14.7. The molecular weight excluding hydrogens is 330 g/mol. The SMILES string of the molecule is O=C(COc1ccccc1)N1CCC(n2nc(C3CC3)ccc2=O)CC1. The molecule has 6 nitrogen and oxygen atoms in total. The van der Waals surface area contributed by atoms with Crippen LogP contribution in [0, 0.1) is 0 Å². The number of likely N-dealkylation sites (tertiary alicyclic amines) is 1. The normalized spacial score (nSPS) is 17.9. The molecule has 0 bridgehead atoms. The molecule has 4 rings (SSSR count). The number of hydrogen-bond acceptors (Lipinski definition) is 4. The van der Waals surface area contributed by atoms with E-state index in [0.717, 1.165) is 18.5 Å². The largest absolute Gasteiger partial charge is 0.484 e. The highest BCUT2D eigenvalue weighted by Crippen LogP contribution is 2.38. The predicted molar refractivity (Wildman–Crippen MR) is 97.3 cm³/mol. The van der Waals surface area contributed by atoms with Crippen LogP contribution in [0.25, 0.3) is 0 Å². The average molecular weight is 353 g/mol. The molecule has 1 saturated carbocycles. The Labute approximate surface area is 152 Å². The van der Waals surface area contributed by atoms with Gasteiger partial charge in [0.2, 0.25) is 0 Å². The summed E-state index contributed by atoms with van der Waals surface area (Å²) in [4.78, 5) is 26.4. The molecule has 26 heavy (non-hydrogen) atoms. The topological polar surface area (TPSA) is 64.4 Å². The van der Waals surface area contributed by atoms with Gasteiger partial charge in [0.15, 0.2) is 6.61 Å². The zero-order chi connectivity index (χ0) is 17.9. The van der Waals surface area contributed by atoms with E-state index in [-0.39, 0.29) is 24.1 Å². The first-order chi connectivity index (χ1) is 12.7. The Hall–Kier alpha value is -2.63. The molecule has 6 heteroatoms. The van der Waals surface area contributed by atoms with Crippen LogP contribution in [0.1, 0.15) is 43.3 Å². The number of carbonyl (C=O) groups is 1. The van der Waals surface area contributed by atoms with E-state index in [1.54, 1.807) is 10.7 Å². The molecule has 1 saturated heterocycles. The number of carbonyl (C=O) groups excluding carboxylic acids is 1. The van der Waals surface area contributed by atoms with Gasteiger partial charge in [-0.25, -0.2) is 4.68 Å². The lowest BCUT2D eigenvalue weighted by molar-refractivity contribution is -0.134. The Morgan fingerprint density at radius 3 is 2.46 bits per heavy atom. The number of ether oxygens (including phenoxy) is 1. The first kappa shape index (κ1) is 16.8. The van der Waals surface area contributed by atoms with Crippen LogP contribution in [-0.2, 0) is 4.79 Å². The second kappa shape index (κ2) is 7.32. The van der Waals surface area contributed by atoms with E-state index in [1.165, 1.54) is 12.8 Å². The summed E-state index contributed by atoms with van der Waals surface area (Å²) in [7, 11) is 0. The third-order valence-electron chi connectivity index (χ3n) is 5.11. The summed E-state index contributed by atoms with van der Waals surface area (Å²) in [6, 6.07) is 12.9. The molecule has 1 aromatic heterocycles. The van der Waals surface area contributed by atoms with Gasteiger partial charge in [-0.1, -0.05) is 18.2 Å². The van der Waals surface area contributed by atoms with Crippen LogP contribution in [0.3, 0.4) is 0 Å². The maximum atomic E-state index is 12.3. The van der Waals surface area contributed by atoms with Gasteiger partial charge >= 0.3 is 0 Å². The fourth-order valence-corrected chi connectivity index (χ4v) is 3.41. The van der Waals surface area contributed by atoms with Crippen LogP contribution < -0.4 is 10.3 Å². The van der Waals surface area contributed by atoms with Gasteiger partial charge in [0.25, 0.3) is 11.5 Å². The number of piperidine rings is 1. The molecule has 136 valence electrons. The van der Waals surface area contributed by atoms with Gasteiger partial charge in [-0.15, -0.1) is 0 Å². The van der Waals surface area contributed by atoms with E-state index >= 15 is 0 Å². The Morgan fingerprint density at radius 1 is 1.04 bits per heavy atom. The van der Waals surface area contributed by atoms with E-state index < -0.39 is 0 Å². The van der Waals surface area contributed by atoms with E-state index in [9.17, 15) is 9.59 Å². The molecule has 2 fully saturated rings. The summed E-state index contributed by atoms with van der Waals surface area (Å²) < 4.78 is 7.18. The minimum atomic E-state index is -0.0495. The van der Waals surface area contributed by atoms with Crippen molar-refractivity contribution in [1.82, 2.24) is 14.7 Å². The van der Waals surface area contributed by atoms with Crippen molar-refractivity contribution in [2.24, 2.45) is 0 Å². The van der Waals surface area contributed by atoms with Crippen molar-refractivity contribution >= 4 is 5.91 Å². The van der Waals surface area contributed by atoms with Crippen molar-refractivity contribution in [1.29, 1.82) is 0 Å². The van der Waals surface area contributed by atoms with Gasteiger partial charge in [-0.3, -0.25) is 9.59 Å². The van der Waals surface area contributed by atoms with E-state index in [4.69, 9.17) is 4.74 Å². The van der Waals surface area contributed by atoms with Crippen molar-refractivity contribution in [2.45, 2.75) is 37.6 Å². The number of benzene rings is 1. The molecule has 1 amide bonds. The zero-order valence-corrected chi connectivity index (χ0v) is 14.7. The summed E-state index contributed by atoms with van der Waals surface area (Å²) in [6.07, 6.45) is 3.83. The molecule has 1 aliphatic heterocycles. The number of hydrogen-bond donors (Lipinski definition) is 0. The summed E-state index contributed by atoms with van der Waals surface area (Å²) in [6.45, 7) is 1.30. The van der Waals surface area contributed by atoms with Crippen molar-refractivity contribution in [3.05, 3.63) is 58.5 Å². The van der Waals surface area contributed by atoms with Gasteiger partial charge in [-0.05, 0) is 43.9 Å². The second-order valence-corrected chi connectivity index (χ2v) is 7.03. The quantitative estimate of drug-likeness (QED) is 0.828. The third-order valence-corrected chi connectivity index (χ3v) is 5.11. The smallest absolute Gasteiger partial charge is 0.267 e. The van der Waals surface area contributed by atoms with E-state index in [1.807, 2.05) is 41.3 Å². The molecule has 0 atom stereocenters. The first-order valence-electron chi connectivity index (χ1n) is 9.26. The van der Waals surface area contributed by atoms with Crippen molar-refractivity contribution < 1.29 is 9.53 Å². The Kier molecular flexibility index (Phi) is 4.73. The van der Waals surface area contributed by atoms with Crippen LogP contribution in [0.15, 0.2) is 47.3 Å². The van der Waals surface area contributed by atoms with E-state index in [2.05, 4.69) is 5.10 Å². The third kappa shape index (κ3) is 3.79. The predicted octanol–water partition coefficient (Wildman–Crippen LogP) is 2.36. The molecular formula is C20H23N3O3. The number of para-hydroxylation sites is 1. The van der Waals surface area contributed by atoms with Crippen molar-refractivity contribution in [3.8, 4) is 5.75 Å². The lowest BCUT2D eigenvalue weighted by atomic mass is 10.1. The van der Waals surface area contributed by atoms with Gasteiger partial charge in [0, 0.05) is 25.1 Å². The first-order valence-corrected chi connectivity index (χ1v) is 9.26. The highest BCUT2D eigenvalue weighted by molar-refractivity contribution is 5.77. The molecule has 1 aromatic carbocycles. The highest BCUT2D eigenvalue weighted by Gasteiger charge is 2.28. The molecule has 0 unspecified atom stereocenters. The Morgan fingerprint density at radius 2 is 1.77 bits per heavy atom. The van der Waals surface area contributed by atoms with Crippen molar-refractivity contribution in [3.63, 3.8) is 0 Å². The van der Waals surface area contributed by atoms with E-state index in [0.29, 0.717) is 24.8 Å². The number of aromatic nitrogens is 2. The summed E-state index contributed by atoms with van der Waals surface area (Å²) in [5.74, 6) is 1.21. The number of amides is 1. The molecule has 2 heterocycles.